The molecule has 0 spiro atoms. The molecule has 1 saturated heterocycles. The lowest BCUT2D eigenvalue weighted by Crippen LogP contribution is -2.50. The first-order chi connectivity index (χ1) is 13.2. The average Bonchev–Trinajstić information content (AvgIpc) is 3.37. The highest BCUT2D eigenvalue weighted by atomic mass is 32.1. The minimum absolute atomic E-state index is 0.0272. The molecule has 0 bridgehead atoms. The summed E-state index contributed by atoms with van der Waals surface area (Å²) in [6.07, 6.45) is 6.38. The van der Waals surface area contributed by atoms with Gasteiger partial charge < -0.3 is 15.2 Å². The van der Waals surface area contributed by atoms with Crippen molar-refractivity contribution in [2.45, 2.75) is 31.5 Å². The summed E-state index contributed by atoms with van der Waals surface area (Å²) in [5.41, 5.74) is 1.58. The van der Waals surface area contributed by atoms with Crippen LogP contribution in [0.15, 0.2) is 60.5 Å². The zero-order valence-electron chi connectivity index (χ0n) is 14.7. The average molecular weight is 380 g/mol. The number of nitrogens with zero attached hydrogens (tertiary/aromatic N) is 2. The Bertz CT molecular complexity index is 921. The fraction of sp³-hybridized carbons (Fsp3) is 0.250. The Hall–Kier alpha value is -2.93. The van der Waals surface area contributed by atoms with E-state index in [-0.39, 0.29) is 23.9 Å². The van der Waals surface area contributed by atoms with E-state index in [1.54, 1.807) is 23.9 Å². The van der Waals surface area contributed by atoms with Crippen molar-refractivity contribution in [3.05, 3.63) is 76.5 Å². The number of carbonyl (C=O) groups is 2. The van der Waals surface area contributed by atoms with Crippen LogP contribution in [0.4, 0.5) is 0 Å². The topological polar surface area (TPSA) is 76.0 Å². The maximum absolute atomic E-state index is 13.0. The normalized spacial score (nSPS) is 19.5. The van der Waals surface area contributed by atoms with Crippen LogP contribution in [0.2, 0.25) is 0 Å². The Balaban J connectivity index is 1.54. The van der Waals surface area contributed by atoms with Gasteiger partial charge in [-0.15, -0.1) is 11.3 Å². The van der Waals surface area contributed by atoms with E-state index < -0.39 is 0 Å². The number of carbonyl (C=O) groups excluding carboxylic acids is 2. The molecule has 4 rings (SSSR count). The van der Waals surface area contributed by atoms with E-state index in [9.17, 15) is 9.59 Å². The molecule has 0 aliphatic carbocycles. The van der Waals surface area contributed by atoms with Gasteiger partial charge in [-0.2, -0.15) is 0 Å². The maximum atomic E-state index is 13.0. The van der Waals surface area contributed by atoms with E-state index in [2.05, 4.69) is 15.6 Å². The highest BCUT2D eigenvalue weighted by Gasteiger charge is 2.32. The lowest BCUT2D eigenvalue weighted by molar-refractivity contribution is -0.123. The van der Waals surface area contributed by atoms with Gasteiger partial charge in [-0.25, -0.2) is 4.98 Å². The van der Waals surface area contributed by atoms with Crippen LogP contribution in [0.1, 0.15) is 39.7 Å². The van der Waals surface area contributed by atoms with Gasteiger partial charge in [0.15, 0.2) is 0 Å². The van der Waals surface area contributed by atoms with Crippen molar-refractivity contribution in [3.63, 3.8) is 0 Å². The second-order valence-corrected chi connectivity index (χ2v) is 7.55. The van der Waals surface area contributed by atoms with Crippen LogP contribution in [0, 0.1) is 0 Å². The fourth-order valence-electron chi connectivity index (χ4n) is 3.40. The lowest BCUT2D eigenvalue weighted by Gasteiger charge is -2.32. The zero-order chi connectivity index (χ0) is 18.6. The number of benzene rings is 1. The molecule has 7 heteroatoms. The molecule has 3 aromatic rings. The smallest absolute Gasteiger partial charge is 0.251 e. The Labute approximate surface area is 161 Å². The number of piperidine rings is 1. The summed E-state index contributed by atoms with van der Waals surface area (Å²) in [4.78, 5) is 30.0. The van der Waals surface area contributed by atoms with Crippen molar-refractivity contribution >= 4 is 23.2 Å². The van der Waals surface area contributed by atoms with Crippen LogP contribution in [0.25, 0.3) is 0 Å². The third kappa shape index (κ3) is 3.93. The molecule has 1 aromatic carbocycles. The number of hydrogen-bond acceptors (Lipinski definition) is 4. The molecular formula is C20H20N4O2S. The fourth-order valence-corrected chi connectivity index (χ4v) is 4.24. The summed E-state index contributed by atoms with van der Waals surface area (Å²) in [6.45, 7) is 0.583. The predicted octanol–water partition coefficient (Wildman–Crippen LogP) is 2.74. The molecule has 1 aliphatic rings. The number of aromatic nitrogens is 2. The zero-order valence-corrected chi connectivity index (χ0v) is 15.5. The third-order valence-electron chi connectivity index (χ3n) is 4.74. The monoisotopic (exact) mass is 380 g/mol. The van der Waals surface area contributed by atoms with Gasteiger partial charge in [-0.05, 0) is 29.5 Å². The molecule has 3 heterocycles. The van der Waals surface area contributed by atoms with Crippen LogP contribution < -0.4 is 10.6 Å². The molecule has 138 valence electrons. The molecule has 0 radical (unpaired) electrons. The van der Waals surface area contributed by atoms with Crippen LogP contribution >= 0.6 is 11.3 Å². The number of imidazole rings is 1. The van der Waals surface area contributed by atoms with Crippen molar-refractivity contribution in [3.8, 4) is 0 Å². The Morgan fingerprint density at radius 2 is 2.19 bits per heavy atom. The van der Waals surface area contributed by atoms with Gasteiger partial charge in [-0.1, -0.05) is 24.3 Å². The molecule has 2 aromatic heterocycles. The molecule has 6 nitrogen and oxygen atoms in total. The number of nitrogens with one attached hydrogen (secondary N) is 2. The first-order valence-corrected chi connectivity index (χ1v) is 9.76. The van der Waals surface area contributed by atoms with E-state index >= 15 is 0 Å². The van der Waals surface area contributed by atoms with Crippen molar-refractivity contribution < 1.29 is 9.59 Å². The quantitative estimate of drug-likeness (QED) is 0.715. The highest BCUT2D eigenvalue weighted by Crippen LogP contribution is 2.28. The summed E-state index contributed by atoms with van der Waals surface area (Å²) < 4.78 is 1.93. The van der Waals surface area contributed by atoms with Crippen molar-refractivity contribution in [2.24, 2.45) is 0 Å². The van der Waals surface area contributed by atoms with Gasteiger partial charge in [0.2, 0.25) is 5.91 Å². The van der Waals surface area contributed by atoms with Crippen LogP contribution in [0.5, 0.6) is 0 Å². The molecule has 27 heavy (non-hydrogen) atoms. The van der Waals surface area contributed by atoms with E-state index in [0.29, 0.717) is 24.9 Å². The molecule has 2 amide bonds. The summed E-state index contributed by atoms with van der Waals surface area (Å²) in [5.74, 6) is -0.0900. The lowest BCUT2D eigenvalue weighted by atomic mass is 9.95. The predicted molar refractivity (Wildman–Crippen MR) is 103 cm³/mol. The Morgan fingerprint density at radius 3 is 2.96 bits per heavy atom. The highest BCUT2D eigenvalue weighted by molar-refractivity contribution is 7.10. The van der Waals surface area contributed by atoms with E-state index in [0.717, 1.165) is 10.4 Å². The van der Waals surface area contributed by atoms with Gasteiger partial charge in [0.25, 0.3) is 5.91 Å². The summed E-state index contributed by atoms with van der Waals surface area (Å²) in [5, 5.41) is 8.14. The number of amides is 2. The number of thiophene rings is 1. The molecule has 1 fully saturated rings. The molecular weight excluding hydrogens is 360 g/mol. The third-order valence-corrected chi connectivity index (χ3v) is 5.70. The largest absolute Gasteiger partial charge is 0.347 e. The SMILES string of the molecule is O=C1CC[C@@H](NC(=O)c2ccccc2Cn2ccnc2)[C@H](c2cccs2)N1. The van der Waals surface area contributed by atoms with Gasteiger partial charge in [0.1, 0.15) is 0 Å². The number of rotatable bonds is 5. The standard InChI is InChI=1S/C20H20N4O2S/c25-18-8-7-16(19(23-18)17-6-3-11-27-17)22-20(26)15-5-2-1-4-14(15)12-24-10-9-21-13-24/h1-6,9-11,13,16,19H,7-8,12H2,(H,22,26)(H,23,25)/t16-,19-/m1/s1. The molecule has 1 aliphatic heterocycles. The summed E-state index contributed by atoms with van der Waals surface area (Å²) in [7, 11) is 0. The molecule has 2 atom stereocenters. The Kier molecular flexibility index (Phi) is 5.02. The first-order valence-electron chi connectivity index (χ1n) is 8.88. The van der Waals surface area contributed by atoms with E-state index in [4.69, 9.17) is 0 Å². The van der Waals surface area contributed by atoms with E-state index in [1.807, 2.05) is 52.5 Å². The number of hydrogen-bond donors (Lipinski definition) is 2. The van der Waals surface area contributed by atoms with Crippen LogP contribution in [-0.4, -0.2) is 27.4 Å². The summed E-state index contributed by atoms with van der Waals surface area (Å²) >= 11 is 1.59. The van der Waals surface area contributed by atoms with Gasteiger partial charge in [0.05, 0.1) is 18.4 Å². The van der Waals surface area contributed by atoms with Crippen LogP contribution in [-0.2, 0) is 11.3 Å². The Morgan fingerprint density at radius 1 is 1.30 bits per heavy atom. The maximum Gasteiger partial charge on any atom is 0.251 e. The van der Waals surface area contributed by atoms with E-state index in [1.165, 1.54) is 0 Å². The van der Waals surface area contributed by atoms with Crippen LogP contribution in [0.3, 0.4) is 0 Å². The first kappa shape index (κ1) is 17.5. The second-order valence-electron chi connectivity index (χ2n) is 6.57. The molecule has 0 saturated carbocycles. The second kappa shape index (κ2) is 7.75. The van der Waals surface area contributed by atoms with Gasteiger partial charge in [0, 0.05) is 35.8 Å². The van der Waals surface area contributed by atoms with Crippen molar-refractivity contribution in [2.75, 3.05) is 0 Å². The minimum Gasteiger partial charge on any atom is -0.347 e. The molecule has 2 N–H and O–H groups in total. The van der Waals surface area contributed by atoms with Gasteiger partial charge >= 0.3 is 0 Å². The molecule has 0 unspecified atom stereocenters. The van der Waals surface area contributed by atoms with Crippen molar-refractivity contribution in [1.82, 2.24) is 20.2 Å². The van der Waals surface area contributed by atoms with Crippen molar-refractivity contribution in [1.29, 1.82) is 0 Å². The van der Waals surface area contributed by atoms with Gasteiger partial charge in [-0.3, -0.25) is 9.59 Å². The minimum atomic E-state index is -0.184. The summed E-state index contributed by atoms with van der Waals surface area (Å²) in [6, 6.07) is 11.2.